The van der Waals surface area contributed by atoms with Gasteiger partial charge in [0, 0.05) is 37.7 Å². The molecule has 0 aromatic rings. The van der Waals surface area contributed by atoms with Gasteiger partial charge in [-0.05, 0) is 0 Å². The van der Waals surface area contributed by atoms with E-state index in [0.29, 0.717) is 0 Å². The van der Waals surface area contributed by atoms with E-state index in [1.165, 1.54) is 0 Å². The van der Waals surface area contributed by atoms with Crippen molar-refractivity contribution in [2.45, 2.75) is 12.3 Å². The molecule has 0 aliphatic carbocycles. The van der Waals surface area contributed by atoms with Gasteiger partial charge in [-0.25, -0.2) is 0 Å². The molecule has 0 fully saturated rings. The van der Waals surface area contributed by atoms with Crippen LogP contribution >= 0.6 is 0 Å². The standard InChI is InChI=1S/C3H9NO3.Ca/c4-3(7)2(6)1-5;/h2-3,5-7H,1,4H2;. The van der Waals surface area contributed by atoms with Gasteiger partial charge in [-0.1, -0.05) is 0 Å². The number of aliphatic hydroxyl groups excluding tert-OH is 3. The van der Waals surface area contributed by atoms with Crippen LogP contribution in [0.1, 0.15) is 0 Å². The van der Waals surface area contributed by atoms with E-state index in [4.69, 9.17) is 21.1 Å². The zero-order valence-corrected chi connectivity index (χ0v) is 6.70. The Bertz CT molecular complexity index is 51.8. The Kier molecular flexibility index (Phi) is 9.21. The van der Waals surface area contributed by atoms with Crippen LogP contribution in [0.5, 0.6) is 0 Å². The van der Waals surface area contributed by atoms with E-state index < -0.39 is 18.9 Å². The van der Waals surface area contributed by atoms with E-state index in [0.717, 1.165) is 0 Å². The third kappa shape index (κ3) is 5.24. The summed E-state index contributed by atoms with van der Waals surface area (Å²) >= 11 is 0. The first kappa shape index (κ1) is 11.8. The summed E-state index contributed by atoms with van der Waals surface area (Å²) in [5.41, 5.74) is 4.69. The van der Waals surface area contributed by atoms with Crippen molar-refractivity contribution in [3.63, 3.8) is 0 Å². The number of nitrogens with two attached hydrogens (primary N) is 1. The quantitative estimate of drug-likeness (QED) is 0.252. The van der Waals surface area contributed by atoms with Gasteiger partial charge in [0.1, 0.15) is 12.3 Å². The van der Waals surface area contributed by atoms with E-state index in [-0.39, 0.29) is 37.7 Å². The largest absolute Gasteiger partial charge is 0.394 e. The predicted molar refractivity (Wildman–Crippen MR) is 29.0 cm³/mol. The Hall–Kier alpha value is 1.10. The van der Waals surface area contributed by atoms with Crippen LogP contribution in [0.2, 0.25) is 0 Å². The maximum Gasteiger partial charge on any atom is 0.130 e. The van der Waals surface area contributed by atoms with E-state index >= 15 is 0 Å². The maximum atomic E-state index is 8.31. The van der Waals surface area contributed by atoms with E-state index in [1.807, 2.05) is 0 Å². The Morgan fingerprint density at radius 3 is 1.75 bits per heavy atom. The summed E-state index contributed by atoms with van der Waals surface area (Å²) in [6, 6.07) is 0. The molecule has 0 spiro atoms. The van der Waals surface area contributed by atoms with E-state index in [2.05, 4.69) is 0 Å². The van der Waals surface area contributed by atoms with Gasteiger partial charge in [-0.3, -0.25) is 0 Å². The fraction of sp³-hybridized carbons (Fsp3) is 1.00. The van der Waals surface area contributed by atoms with Crippen LogP contribution in [0.15, 0.2) is 0 Å². The van der Waals surface area contributed by atoms with E-state index in [9.17, 15) is 0 Å². The van der Waals surface area contributed by atoms with Crippen LogP contribution < -0.4 is 5.73 Å². The van der Waals surface area contributed by atoms with Gasteiger partial charge in [0.05, 0.1) is 6.61 Å². The summed E-state index contributed by atoms with van der Waals surface area (Å²) in [4.78, 5) is 0. The molecule has 2 unspecified atom stereocenters. The average Bonchev–Trinajstić information content (AvgIpc) is 1.65. The van der Waals surface area contributed by atoms with Crippen molar-refractivity contribution in [3.8, 4) is 0 Å². The number of hydrogen-bond donors (Lipinski definition) is 4. The Balaban J connectivity index is 0. The zero-order valence-electron chi connectivity index (χ0n) is 4.49. The minimum absolute atomic E-state index is 0. The molecule has 4 nitrogen and oxygen atoms in total. The van der Waals surface area contributed by atoms with Crippen molar-refractivity contribution >= 4 is 37.7 Å². The molecule has 0 aromatic carbocycles. The van der Waals surface area contributed by atoms with Crippen molar-refractivity contribution in [3.05, 3.63) is 0 Å². The molecule has 0 aromatic heterocycles. The van der Waals surface area contributed by atoms with Crippen molar-refractivity contribution < 1.29 is 15.3 Å². The number of rotatable bonds is 2. The molecule has 0 heterocycles. The number of hydrogen-bond acceptors (Lipinski definition) is 4. The molecule has 0 saturated carbocycles. The second-order valence-electron chi connectivity index (χ2n) is 1.24. The van der Waals surface area contributed by atoms with Gasteiger partial charge in [0.15, 0.2) is 0 Å². The van der Waals surface area contributed by atoms with Crippen LogP contribution in [0.4, 0.5) is 0 Å². The molecule has 0 rings (SSSR count). The molecular weight excluding hydrogens is 138 g/mol. The third-order valence-corrected chi connectivity index (χ3v) is 0.581. The summed E-state index contributed by atoms with van der Waals surface area (Å²) < 4.78 is 0. The van der Waals surface area contributed by atoms with Gasteiger partial charge in [-0.15, -0.1) is 0 Å². The van der Waals surface area contributed by atoms with Crippen LogP contribution in [0.25, 0.3) is 0 Å². The molecule has 0 amide bonds. The van der Waals surface area contributed by atoms with Crippen molar-refractivity contribution in [1.29, 1.82) is 0 Å². The summed E-state index contributed by atoms with van der Waals surface area (Å²) in [6.45, 7) is -0.502. The second kappa shape index (κ2) is 6.22. The first-order chi connectivity index (χ1) is 3.18. The fourth-order valence-electron chi connectivity index (χ4n) is 0.108. The molecule has 5 N–H and O–H groups in total. The summed E-state index contributed by atoms with van der Waals surface area (Å²) in [6.07, 6.45) is -2.54. The normalized spacial score (nSPS) is 16.5. The Morgan fingerprint density at radius 2 is 1.75 bits per heavy atom. The van der Waals surface area contributed by atoms with Crippen molar-refractivity contribution in [2.75, 3.05) is 6.61 Å². The second-order valence-corrected chi connectivity index (χ2v) is 1.24. The molecule has 0 saturated heterocycles. The molecule has 5 heteroatoms. The van der Waals surface area contributed by atoms with Crippen LogP contribution in [0, 0.1) is 0 Å². The zero-order chi connectivity index (χ0) is 5.86. The number of aliphatic hydroxyl groups is 3. The maximum absolute atomic E-state index is 8.31. The van der Waals surface area contributed by atoms with Crippen LogP contribution in [-0.4, -0.2) is 72.0 Å². The topological polar surface area (TPSA) is 86.7 Å². The predicted octanol–water partition coefficient (Wildman–Crippen LogP) is -2.76. The molecule has 2 radical (unpaired) electrons. The van der Waals surface area contributed by atoms with Crippen molar-refractivity contribution in [2.24, 2.45) is 5.73 Å². The van der Waals surface area contributed by atoms with Gasteiger partial charge in [0.2, 0.25) is 0 Å². The minimum atomic E-state index is -1.33. The van der Waals surface area contributed by atoms with Gasteiger partial charge >= 0.3 is 0 Å². The molecule has 46 valence electrons. The molecule has 0 bridgehead atoms. The fourth-order valence-corrected chi connectivity index (χ4v) is 0.108. The SMILES string of the molecule is NC(O)C(O)CO.[Ca]. The molecule has 0 aliphatic rings. The molecule has 2 atom stereocenters. The van der Waals surface area contributed by atoms with Crippen molar-refractivity contribution in [1.82, 2.24) is 0 Å². The van der Waals surface area contributed by atoms with Crippen LogP contribution in [-0.2, 0) is 0 Å². The summed E-state index contributed by atoms with van der Waals surface area (Å²) in [7, 11) is 0. The summed E-state index contributed by atoms with van der Waals surface area (Å²) in [5, 5.41) is 24.5. The molecular formula is C3H9CaNO3. The molecule has 0 aliphatic heterocycles. The molecule has 8 heavy (non-hydrogen) atoms. The van der Waals surface area contributed by atoms with Gasteiger partial charge in [-0.2, -0.15) is 0 Å². The third-order valence-electron chi connectivity index (χ3n) is 0.581. The monoisotopic (exact) mass is 147 g/mol. The smallest absolute Gasteiger partial charge is 0.130 e. The first-order valence-corrected chi connectivity index (χ1v) is 1.91. The van der Waals surface area contributed by atoms with Crippen LogP contribution in [0.3, 0.4) is 0 Å². The average molecular weight is 147 g/mol. The summed E-state index contributed by atoms with van der Waals surface area (Å²) in [5.74, 6) is 0. The Labute approximate surface area is 77.3 Å². The Morgan fingerprint density at radius 1 is 1.38 bits per heavy atom. The first-order valence-electron chi connectivity index (χ1n) is 1.91. The van der Waals surface area contributed by atoms with Gasteiger partial charge in [0.25, 0.3) is 0 Å². The minimum Gasteiger partial charge on any atom is -0.394 e. The van der Waals surface area contributed by atoms with Gasteiger partial charge < -0.3 is 21.1 Å². The van der Waals surface area contributed by atoms with E-state index in [1.54, 1.807) is 0 Å².